The molecule has 0 amide bonds. The van der Waals surface area contributed by atoms with Crippen molar-refractivity contribution in [2.75, 3.05) is 0 Å². The van der Waals surface area contributed by atoms with Gasteiger partial charge >= 0.3 is 0 Å². The van der Waals surface area contributed by atoms with Crippen LogP contribution in [0.2, 0.25) is 0 Å². The molecular formula is C86H166. The molecule has 0 aromatic carbocycles. The predicted molar refractivity (Wildman–Crippen MR) is 389 cm³/mol. The Morgan fingerprint density at radius 3 is 0.953 bits per heavy atom. The van der Waals surface area contributed by atoms with E-state index in [0.29, 0.717) is 65.0 Å². The minimum Gasteiger partial charge on any atom is -0.0651 e. The van der Waals surface area contributed by atoms with Gasteiger partial charge in [-0.1, -0.05) is 261 Å². The number of fused-ring (bicyclic) bond motifs is 6. The van der Waals surface area contributed by atoms with Crippen LogP contribution in [-0.2, 0) is 0 Å². The van der Waals surface area contributed by atoms with Crippen molar-refractivity contribution in [3.8, 4) is 0 Å². The van der Waals surface area contributed by atoms with Crippen LogP contribution in [0, 0.1) is 154 Å². The van der Waals surface area contributed by atoms with E-state index in [0.717, 1.165) is 88.8 Å². The number of rotatable bonds is 5. The van der Waals surface area contributed by atoms with E-state index in [1.54, 1.807) is 32.1 Å². The lowest BCUT2D eigenvalue weighted by molar-refractivity contribution is 0.0203. The minimum atomic E-state index is 0.547. The molecule has 0 aliphatic heterocycles. The van der Waals surface area contributed by atoms with E-state index in [1.165, 1.54) is 135 Å². The lowest BCUT2D eigenvalue weighted by Crippen LogP contribution is -2.38. The van der Waals surface area contributed by atoms with Gasteiger partial charge in [0.15, 0.2) is 0 Å². The predicted octanol–water partition coefficient (Wildman–Crippen LogP) is 28.9. The molecule has 10 atom stereocenters. The molecule has 11 rings (SSSR count). The lowest BCUT2D eigenvalue weighted by Gasteiger charge is -2.49. The molecule has 0 nitrogen and oxygen atoms in total. The van der Waals surface area contributed by atoms with E-state index in [-0.39, 0.29) is 0 Å². The van der Waals surface area contributed by atoms with E-state index in [9.17, 15) is 0 Å². The Hall–Kier alpha value is 0. The Morgan fingerprint density at radius 2 is 0.721 bits per heavy atom. The second-order valence-corrected chi connectivity index (χ2v) is 43.1. The zero-order valence-electron chi connectivity index (χ0n) is 66.0. The largest absolute Gasteiger partial charge is 0.0651 e. The molecule has 510 valence electrons. The van der Waals surface area contributed by atoms with Crippen LogP contribution >= 0.6 is 0 Å². The number of hydrogen-bond acceptors (Lipinski definition) is 0. The average molecular weight is 1200 g/mol. The van der Waals surface area contributed by atoms with Gasteiger partial charge in [0.05, 0.1) is 0 Å². The molecule has 8 unspecified atom stereocenters. The molecule has 11 fully saturated rings. The fourth-order valence-electron chi connectivity index (χ4n) is 25.6. The second kappa shape index (κ2) is 29.3. The molecule has 11 aliphatic rings. The van der Waals surface area contributed by atoms with Gasteiger partial charge in [-0.15, -0.1) is 0 Å². The Labute approximate surface area is 546 Å². The van der Waals surface area contributed by atoms with Gasteiger partial charge in [-0.25, -0.2) is 0 Å². The summed E-state index contributed by atoms with van der Waals surface area (Å²) in [4.78, 5) is 0. The Morgan fingerprint density at radius 1 is 0.349 bits per heavy atom. The zero-order chi connectivity index (χ0) is 66.0. The van der Waals surface area contributed by atoms with E-state index < -0.39 is 0 Å². The molecule has 0 spiro atoms. The molecule has 0 radical (unpaired) electrons. The van der Waals surface area contributed by atoms with Gasteiger partial charge in [-0.2, -0.15) is 0 Å². The summed E-state index contributed by atoms with van der Waals surface area (Å²) >= 11 is 0. The van der Waals surface area contributed by atoms with Gasteiger partial charge in [0.2, 0.25) is 0 Å². The van der Waals surface area contributed by atoms with Gasteiger partial charge in [-0.05, 0) is 289 Å². The van der Waals surface area contributed by atoms with Crippen LogP contribution in [0.15, 0.2) is 0 Å². The van der Waals surface area contributed by atoms with E-state index in [1.807, 2.05) is 0 Å². The first-order valence-corrected chi connectivity index (χ1v) is 38.8. The molecule has 0 saturated heterocycles. The van der Waals surface area contributed by atoms with Crippen LogP contribution in [0.4, 0.5) is 0 Å². The fraction of sp³-hybridized carbons (Fsp3) is 1.00. The van der Waals surface area contributed by atoms with Crippen LogP contribution in [0.25, 0.3) is 0 Å². The number of hydrogen-bond donors (Lipinski definition) is 0. The summed E-state index contributed by atoms with van der Waals surface area (Å²) in [7, 11) is 0. The molecule has 11 aliphatic carbocycles. The molecule has 0 aromatic heterocycles. The highest BCUT2D eigenvalue weighted by Crippen LogP contribution is 2.61. The van der Waals surface area contributed by atoms with Crippen molar-refractivity contribution in [1.82, 2.24) is 0 Å². The molecule has 0 aromatic rings. The quantitative estimate of drug-likeness (QED) is 0.257. The first-order chi connectivity index (χ1) is 38.8. The highest BCUT2D eigenvalue weighted by atomic mass is 14.6. The fourth-order valence-corrected chi connectivity index (χ4v) is 25.6. The SMILES string of the molecule is CC(C)C1C(C)(C)CCC1(C)C.CC1(C)CC(C)(C)CC(C)(C)C1.CC1C2CCC(C2)[C@H]1C.CCC1C(C)(C)CCC1(C)C.CCC1CC(C)(C)C(C)(C)C1.CCC1CC(C)(C)CC(C)(C)C1.CCC1CC2CCC1C2.C[C@@H]1C2CCC(C2)C1(C)C. The molecule has 0 heteroatoms. The van der Waals surface area contributed by atoms with Crippen LogP contribution in [-0.4, -0.2) is 0 Å². The topological polar surface area (TPSA) is 0 Å². The third-order valence-corrected chi connectivity index (χ3v) is 29.2. The molecule has 6 bridgehead atoms. The molecule has 86 heavy (non-hydrogen) atoms. The van der Waals surface area contributed by atoms with Gasteiger partial charge in [0, 0.05) is 0 Å². The maximum absolute atomic E-state index is 2.46. The van der Waals surface area contributed by atoms with Crippen molar-refractivity contribution in [3.05, 3.63) is 0 Å². The van der Waals surface area contributed by atoms with Gasteiger partial charge in [0.1, 0.15) is 0 Å². The third-order valence-electron chi connectivity index (χ3n) is 29.2. The van der Waals surface area contributed by atoms with Crippen molar-refractivity contribution in [1.29, 1.82) is 0 Å². The second-order valence-electron chi connectivity index (χ2n) is 43.1. The summed E-state index contributed by atoms with van der Waals surface area (Å²) in [5.74, 6) is 15.5. The summed E-state index contributed by atoms with van der Waals surface area (Å²) < 4.78 is 0. The van der Waals surface area contributed by atoms with E-state index >= 15 is 0 Å². The standard InChI is InChI=1S/3C12H24.2C11H22.C10H18.2C9H16/c1-10(2)7-11(3,4)9-12(5,6)8-10;1-9(2)10-11(3,4)7-8-12(10,5)6;1-6-10-7-11(2,3)9-12(4,5)8-10;1-6-9-7-10(2,3)11(4,5)8-9;1-6-9-10(2,3)7-8-11(9,4)5;1-7-8-4-5-9(6-8)10(7,2)3;1-6-7(2)9-4-3-8(6)5-9;1-2-8-5-7-3-4-9(8)6-7/h7-9H2,1-6H3;9-10H,7-8H2,1-6H3;10H,6-9H2,1-5H3;2*9H,6-8H2,1-5H3;7-9H,4-6H2,1-3H3;6-9H,3-5H2,1-2H3;7-9H,2-6H2,1H3/t;;;;;7-,8?,9?;6-,7?,8?,9?;/m.....10./s1. The first kappa shape index (κ1) is 78.4. The average Bonchev–Trinajstić information content (AvgIpc) is 1.51. The van der Waals surface area contributed by atoms with Crippen LogP contribution in [0.3, 0.4) is 0 Å². The zero-order valence-corrected chi connectivity index (χ0v) is 66.0. The van der Waals surface area contributed by atoms with Gasteiger partial charge in [-0.3, -0.25) is 0 Å². The summed E-state index contributed by atoms with van der Waals surface area (Å²) in [5.41, 5.74) is 6.93. The van der Waals surface area contributed by atoms with Gasteiger partial charge < -0.3 is 0 Å². The van der Waals surface area contributed by atoms with E-state index in [4.69, 9.17) is 0 Å². The van der Waals surface area contributed by atoms with Crippen LogP contribution in [0.5, 0.6) is 0 Å². The van der Waals surface area contributed by atoms with Crippen molar-refractivity contribution in [3.63, 3.8) is 0 Å². The molecule has 0 heterocycles. The van der Waals surface area contributed by atoms with Crippen molar-refractivity contribution < 1.29 is 0 Å². The highest BCUT2D eigenvalue weighted by molar-refractivity contribution is 5.01. The molecular weight excluding hydrogens is 1030 g/mol. The summed E-state index contributed by atoms with van der Waals surface area (Å²) in [6.07, 6.45) is 37.9. The van der Waals surface area contributed by atoms with Crippen molar-refractivity contribution in [2.45, 2.75) is 395 Å². The highest BCUT2D eigenvalue weighted by Gasteiger charge is 2.52. The summed E-state index contributed by atoms with van der Waals surface area (Å²) in [6.45, 7) is 79.7. The Balaban J connectivity index is 0.000000211. The van der Waals surface area contributed by atoms with Gasteiger partial charge in [0.25, 0.3) is 0 Å². The summed E-state index contributed by atoms with van der Waals surface area (Å²) in [6, 6.07) is 0. The lowest BCUT2D eigenvalue weighted by atomic mass is 9.56. The van der Waals surface area contributed by atoms with Crippen LogP contribution < -0.4 is 0 Å². The smallest absolute Gasteiger partial charge is 0.0288 e. The van der Waals surface area contributed by atoms with Crippen LogP contribution in [0.1, 0.15) is 395 Å². The van der Waals surface area contributed by atoms with E-state index in [2.05, 4.69) is 228 Å². The monoisotopic (exact) mass is 1200 g/mol. The molecule has 0 N–H and O–H groups in total. The minimum absolute atomic E-state index is 0.547. The maximum atomic E-state index is 2.46. The third kappa shape index (κ3) is 21.0. The molecule has 11 saturated carbocycles. The maximum Gasteiger partial charge on any atom is -0.0288 e. The summed E-state index contributed by atoms with van der Waals surface area (Å²) in [5, 5.41) is 0. The Bertz CT molecular complexity index is 1860. The normalized spacial score (nSPS) is 36.6. The van der Waals surface area contributed by atoms with Crippen molar-refractivity contribution >= 4 is 0 Å². The van der Waals surface area contributed by atoms with Crippen molar-refractivity contribution in [2.24, 2.45) is 154 Å². The Kier molecular flexibility index (Phi) is 26.8. The first-order valence-electron chi connectivity index (χ1n) is 38.8.